The zero-order chi connectivity index (χ0) is 20.3. The molecule has 4 fully saturated rings. The Hall–Kier alpha value is -0.610. The summed E-state index contributed by atoms with van der Waals surface area (Å²) >= 11 is 0. The zero-order valence-electron chi connectivity index (χ0n) is 17.9. The van der Waals surface area contributed by atoms with Crippen LogP contribution in [-0.2, 0) is 4.79 Å². The van der Waals surface area contributed by atoms with E-state index in [0.717, 1.165) is 32.1 Å². The number of fused-ring (bicyclic) bond motifs is 5. The lowest BCUT2D eigenvalue weighted by molar-refractivity contribution is -0.174. The molecule has 160 valence electrons. The van der Waals surface area contributed by atoms with E-state index >= 15 is 0 Å². The lowest BCUT2D eigenvalue weighted by atomic mass is 9.43. The van der Waals surface area contributed by atoms with Gasteiger partial charge >= 0.3 is 5.97 Å². The minimum atomic E-state index is -0.684. The van der Waals surface area contributed by atoms with Crippen LogP contribution in [-0.4, -0.2) is 33.5 Å². The molecule has 0 aromatic heterocycles. The fourth-order valence-electron chi connectivity index (χ4n) is 8.73. The Morgan fingerprint density at radius 1 is 1.00 bits per heavy atom. The number of hydrogen-bond acceptors (Lipinski definition) is 3. The van der Waals surface area contributed by atoms with Gasteiger partial charge in [-0.1, -0.05) is 20.8 Å². The van der Waals surface area contributed by atoms with E-state index in [1.165, 1.54) is 25.7 Å². The number of aliphatic hydroxyl groups is 2. The molecule has 0 radical (unpaired) electrons. The van der Waals surface area contributed by atoms with Crippen molar-refractivity contribution in [3.63, 3.8) is 0 Å². The van der Waals surface area contributed by atoms with Gasteiger partial charge in [0.05, 0.1) is 12.2 Å². The normalized spacial score (nSPS) is 51.7. The third-order valence-electron chi connectivity index (χ3n) is 10.2. The summed E-state index contributed by atoms with van der Waals surface area (Å²) in [5, 5.41) is 30.5. The van der Waals surface area contributed by atoms with Crippen LogP contribution < -0.4 is 0 Å². The molecular weight excluding hydrogens is 352 g/mol. The van der Waals surface area contributed by atoms with Crippen LogP contribution in [0.25, 0.3) is 0 Å². The quantitative estimate of drug-likeness (QED) is 0.659. The Morgan fingerprint density at radius 2 is 1.68 bits per heavy atom. The van der Waals surface area contributed by atoms with Crippen molar-refractivity contribution in [3.05, 3.63) is 0 Å². The minimum absolute atomic E-state index is 0.179. The topological polar surface area (TPSA) is 77.8 Å². The molecule has 0 aliphatic heterocycles. The number of carboxylic acid groups (broad SMARTS) is 1. The Kier molecular flexibility index (Phi) is 5.36. The zero-order valence-corrected chi connectivity index (χ0v) is 17.9. The monoisotopic (exact) mass is 392 g/mol. The van der Waals surface area contributed by atoms with Crippen LogP contribution >= 0.6 is 0 Å². The van der Waals surface area contributed by atoms with E-state index in [1.54, 1.807) is 0 Å². The fraction of sp³-hybridized carbons (Fsp3) is 0.958. The van der Waals surface area contributed by atoms with Gasteiger partial charge in [-0.25, -0.2) is 0 Å². The molecule has 0 amide bonds. The summed E-state index contributed by atoms with van der Waals surface area (Å²) in [5.41, 5.74) is 0.523. The predicted octanol–water partition coefficient (Wildman–Crippen LogP) is 4.48. The first kappa shape index (κ1) is 20.7. The van der Waals surface area contributed by atoms with Gasteiger partial charge in [-0.15, -0.1) is 0 Å². The number of aliphatic hydroxyl groups excluding tert-OH is 2. The summed E-state index contributed by atoms with van der Waals surface area (Å²) in [4.78, 5) is 11.1. The second kappa shape index (κ2) is 7.27. The van der Waals surface area contributed by atoms with Gasteiger partial charge in [-0.05, 0) is 104 Å². The minimum Gasteiger partial charge on any atom is -0.481 e. The number of rotatable bonds is 4. The molecule has 4 saturated carbocycles. The highest BCUT2D eigenvalue weighted by atomic mass is 16.4. The second-order valence-corrected chi connectivity index (χ2v) is 11.4. The molecule has 4 aliphatic carbocycles. The van der Waals surface area contributed by atoms with Crippen molar-refractivity contribution < 1.29 is 20.1 Å². The van der Waals surface area contributed by atoms with E-state index in [4.69, 9.17) is 5.11 Å². The van der Waals surface area contributed by atoms with E-state index in [9.17, 15) is 15.0 Å². The van der Waals surface area contributed by atoms with Gasteiger partial charge in [0.2, 0.25) is 0 Å². The Morgan fingerprint density at radius 3 is 2.39 bits per heavy atom. The average molecular weight is 393 g/mol. The molecule has 0 bridgehead atoms. The molecule has 28 heavy (non-hydrogen) atoms. The van der Waals surface area contributed by atoms with Crippen molar-refractivity contribution >= 4 is 5.97 Å². The van der Waals surface area contributed by atoms with Crippen molar-refractivity contribution in [1.82, 2.24) is 0 Å². The summed E-state index contributed by atoms with van der Waals surface area (Å²) in [5.74, 6) is 2.36. The summed E-state index contributed by atoms with van der Waals surface area (Å²) < 4.78 is 0. The molecule has 10 atom stereocenters. The van der Waals surface area contributed by atoms with Crippen molar-refractivity contribution in [2.24, 2.45) is 46.3 Å². The van der Waals surface area contributed by atoms with Crippen LogP contribution in [0.5, 0.6) is 0 Å². The van der Waals surface area contributed by atoms with Gasteiger partial charge < -0.3 is 15.3 Å². The van der Waals surface area contributed by atoms with Crippen molar-refractivity contribution in [2.45, 2.75) is 97.2 Å². The third kappa shape index (κ3) is 3.14. The molecule has 0 saturated heterocycles. The van der Waals surface area contributed by atoms with Crippen molar-refractivity contribution in [1.29, 1.82) is 0 Å². The Bertz CT molecular complexity index is 605. The lowest BCUT2D eigenvalue weighted by Gasteiger charge is -2.62. The number of carboxylic acids is 1. The van der Waals surface area contributed by atoms with Crippen LogP contribution in [0, 0.1) is 46.3 Å². The molecule has 4 unspecified atom stereocenters. The highest BCUT2D eigenvalue weighted by Gasteiger charge is 2.62. The first-order valence-corrected chi connectivity index (χ1v) is 11.7. The molecular formula is C24H40O4. The van der Waals surface area contributed by atoms with Gasteiger partial charge in [-0.2, -0.15) is 0 Å². The standard InChI is InChI=1S/C24H40O4/c1-14(4-7-21(27)28)17-5-6-18-22-19(9-11-24(17,18)3)23(2)10-8-16(25)12-15(23)13-20(22)26/h14-20,22,25-26H,4-13H2,1-3H3,(H,27,28)/t14-,15?,16-,17-,18?,19?,20+,22?,23+,24-/m1/s1. The van der Waals surface area contributed by atoms with E-state index < -0.39 is 5.97 Å². The van der Waals surface area contributed by atoms with Gasteiger partial charge in [0.1, 0.15) is 0 Å². The van der Waals surface area contributed by atoms with Gasteiger partial charge in [-0.3, -0.25) is 4.79 Å². The number of hydrogen-bond donors (Lipinski definition) is 3. The van der Waals surface area contributed by atoms with Crippen LogP contribution in [0.15, 0.2) is 0 Å². The van der Waals surface area contributed by atoms with E-state index in [0.29, 0.717) is 35.5 Å². The summed E-state index contributed by atoms with van der Waals surface area (Å²) in [6.45, 7) is 7.16. The van der Waals surface area contributed by atoms with Crippen LogP contribution in [0.1, 0.15) is 85.0 Å². The molecule has 4 aliphatic rings. The van der Waals surface area contributed by atoms with Gasteiger partial charge in [0, 0.05) is 6.42 Å². The molecule has 0 heterocycles. The smallest absolute Gasteiger partial charge is 0.303 e. The van der Waals surface area contributed by atoms with Gasteiger partial charge in [0.15, 0.2) is 0 Å². The van der Waals surface area contributed by atoms with Crippen LogP contribution in [0.3, 0.4) is 0 Å². The SMILES string of the molecule is C[C@H](CCC(=O)O)[C@H]1CCC2C3C(CC[C@@]21C)[C@@]1(C)CC[C@@H](O)CC1C[C@@H]3O. The maximum Gasteiger partial charge on any atom is 0.303 e. The third-order valence-corrected chi connectivity index (χ3v) is 10.2. The molecule has 4 heteroatoms. The van der Waals surface area contributed by atoms with Gasteiger partial charge in [0.25, 0.3) is 0 Å². The number of carbonyl (C=O) groups is 1. The predicted molar refractivity (Wildman–Crippen MR) is 109 cm³/mol. The molecule has 4 nitrogen and oxygen atoms in total. The average Bonchev–Trinajstić information content (AvgIpc) is 2.98. The first-order chi connectivity index (χ1) is 13.2. The molecule has 0 aromatic rings. The van der Waals surface area contributed by atoms with Crippen LogP contribution in [0.4, 0.5) is 0 Å². The molecule has 3 N–H and O–H groups in total. The van der Waals surface area contributed by atoms with E-state index in [2.05, 4.69) is 20.8 Å². The number of aliphatic carboxylic acids is 1. The summed E-state index contributed by atoms with van der Waals surface area (Å²) in [6.07, 6.45) is 9.19. The summed E-state index contributed by atoms with van der Waals surface area (Å²) in [7, 11) is 0. The Balaban J connectivity index is 1.55. The van der Waals surface area contributed by atoms with Crippen molar-refractivity contribution in [2.75, 3.05) is 0 Å². The lowest BCUT2D eigenvalue weighted by Crippen LogP contribution is -2.58. The Labute approximate surface area is 170 Å². The van der Waals surface area contributed by atoms with Crippen molar-refractivity contribution in [3.8, 4) is 0 Å². The first-order valence-electron chi connectivity index (χ1n) is 11.7. The van der Waals surface area contributed by atoms with E-state index in [-0.39, 0.29) is 29.5 Å². The highest BCUT2D eigenvalue weighted by Crippen LogP contribution is 2.68. The molecule has 0 spiro atoms. The molecule has 4 rings (SSSR count). The molecule has 0 aromatic carbocycles. The maximum absolute atomic E-state index is 11.2. The largest absolute Gasteiger partial charge is 0.481 e. The maximum atomic E-state index is 11.2. The second-order valence-electron chi connectivity index (χ2n) is 11.4. The summed E-state index contributed by atoms with van der Waals surface area (Å²) in [6, 6.07) is 0. The van der Waals surface area contributed by atoms with Crippen LogP contribution in [0.2, 0.25) is 0 Å². The van der Waals surface area contributed by atoms with E-state index in [1.807, 2.05) is 0 Å². The fourth-order valence-corrected chi connectivity index (χ4v) is 8.73. The highest BCUT2D eigenvalue weighted by molar-refractivity contribution is 5.66.